The number of rotatable bonds is 4. The van der Waals surface area contributed by atoms with Crippen molar-refractivity contribution in [2.45, 2.75) is 46.4 Å². The number of carbonyl (C=O) groups is 1. The van der Waals surface area contributed by atoms with Gasteiger partial charge in [0.05, 0.1) is 23.6 Å². The third-order valence-electron chi connectivity index (χ3n) is 3.91. The number of amides is 1. The molecule has 7 nitrogen and oxygen atoms in total. The highest BCUT2D eigenvalue weighted by Gasteiger charge is 2.46. The van der Waals surface area contributed by atoms with Gasteiger partial charge in [-0.3, -0.25) is 14.9 Å². The van der Waals surface area contributed by atoms with Crippen LogP contribution in [0.25, 0.3) is 0 Å². The molecule has 132 valence electrons. The maximum atomic E-state index is 12.7. The van der Waals surface area contributed by atoms with Crippen LogP contribution in [0.1, 0.15) is 34.6 Å². The molecule has 0 unspecified atom stereocenters. The smallest absolute Gasteiger partial charge is 0.273 e. The lowest BCUT2D eigenvalue weighted by Gasteiger charge is -2.37. The van der Waals surface area contributed by atoms with E-state index in [-0.39, 0.29) is 24.2 Å². The molecule has 1 aliphatic heterocycles. The fraction of sp³-hybridized carbons (Fsp3) is 0.588. The first-order valence-corrected chi connectivity index (χ1v) is 7.87. The number of nitrogens with zero attached hydrogens (tertiary/aromatic N) is 2. The zero-order valence-electron chi connectivity index (χ0n) is 14.7. The van der Waals surface area contributed by atoms with Gasteiger partial charge in [-0.15, -0.1) is 0 Å². The number of nitro groups is 1. The Bertz CT molecular complexity index is 636. The minimum atomic E-state index is -0.707. The van der Waals surface area contributed by atoms with Gasteiger partial charge in [0.2, 0.25) is 5.91 Å². The number of non-ortho nitro benzene ring substituents is 1. The topological polar surface area (TPSA) is 81.9 Å². The fourth-order valence-corrected chi connectivity index (χ4v) is 2.66. The molecule has 1 aliphatic rings. The first-order chi connectivity index (χ1) is 11.0. The maximum absolute atomic E-state index is 12.7. The van der Waals surface area contributed by atoms with Gasteiger partial charge in [-0.1, -0.05) is 26.8 Å². The largest absolute Gasteiger partial charge is 0.491 e. The van der Waals surface area contributed by atoms with E-state index in [1.54, 1.807) is 17.0 Å². The summed E-state index contributed by atoms with van der Waals surface area (Å²) in [6.45, 7) is 9.87. The summed E-state index contributed by atoms with van der Waals surface area (Å²) in [5.41, 5.74) is -1.27. The van der Waals surface area contributed by atoms with E-state index in [0.29, 0.717) is 12.4 Å². The summed E-state index contributed by atoms with van der Waals surface area (Å²) in [6, 6.07) is 5.76. The second kappa shape index (κ2) is 6.39. The lowest BCUT2D eigenvalue weighted by Crippen LogP contribution is -2.53. The van der Waals surface area contributed by atoms with Gasteiger partial charge in [0.25, 0.3) is 5.69 Å². The molecule has 1 amide bonds. The Morgan fingerprint density at radius 3 is 2.71 bits per heavy atom. The number of hydrogen-bond acceptors (Lipinski definition) is 5. The van der Waals surface area contributed by atoms with Crippen LogP contribution in [0.5, 0.6) is 5.75 Å². The van der Waals surface area contributed by atoms with Crippen LogP contribution < -0.4 is 4.74 Å². The Hall–Kier alpha value is -2.15. The van der Waals surface area contributed by atoms with Gasteiger partial charge in [0, 0.05) is 11.5 Å². The van der Waals surface area contributed by atoms with E-state index in [2.05, 4.69) is 0 Å². The highest BCUT2D eigenvalue weighted by molar-refractivity contribution is 5.82. The molecule has 1 aromatic carbocycles. The molecule has 0 N–H and O–H groups in total. The van der Waals surface area contributed by atoms with Crippen molar-refractivity contribution in [1.82, 2.24) is 4.90 Å². The van der Waals surface area contributed by atoms with Crippen LogP contribution in [0.15, 0.2) is 24.3 Å². The minimum absolute atomic E-state index is 0.0161. The molecule has 1 saturated heterocycles. The molecule has 7 heteroatoms. The lowest BCUT2D eigenvalue weighted by molar-refractivity contribution is -0.384. The average Bonchev–Trinajstić information content (AvgIpc) is 2.78. The summed E-state index contributed by atoms with van der Waals surface area (Å²) in [4.78, 5) is 24.8. The van der Waals surface area contributed by atoms with Crippen molar-refractivity contribution < 1.29 is 19.2 Å². The summed E-state index contributed by atoms with van der Waals surface area (Å²) in [5, 5.41) is 10.8. The molecule has 1 fully saturated rings. The monoisotopic (exact) mass is 336 g/mol. The molecule has 1 aromatic rings. The predicted octanol–water partition coefficient (Wildman–Crippen LogP) is 2.98. The third kappa shape index (κ3) is 3.84. The Kier molecular flexibility index (Phi) is 4.85. The predicted molar refractivity (Wildman–Crippen MR) is 88.7 cm³/mol. The van der Waals surface area contributed by atoms with Gasteiger partial charge in [-0.05, 0) is 19.9 Å². The molecule has 0 bridgehead atoms. The molecule has 0 radical (unpaired) electrons. The van der Waals surface area contributed by atoms with Crippen LogP contribution in [-0.4, -0.2) is 40.7 Å². The van der Waals surface area contributed by atoms with Crippen LogP contribution in [0.4, 0.5) is 5.69 Å². The maximum Gasteiger partial charge on any atom is 0.273 e. The number of carbonyl (C=O) groups excluding carboxylic acids is 1. The van der Waals surface area contributed by atoms with E-state index in [1.165, 1.54) is 12.1 Å². The van der Waals surface area contributed by atoms with Crippen molar-refractivity contribution in [3.63, 3.8) is 0 Å². The Morgan fingerprint density at radius 1 is 1.46 bits per heavy atom. The number of benzene rings is 1. The van der Waals surface area contributed by atoms with Crippen LogP contribution in [0, 0.1) is 15.5 Å². The van der Waals surface area contributed by atoms with Crippen molar-refractivity contribution in [3.8, 4) is 5.75 Å². The molecular formula is C17H24N2O5. The number of nitro benzene ring substituents is 1. The van der Waals surface area contributed by atoms with E-state index in [9.17, 15) is 14.9 Å². The van der Waals surface area contributed by atoms with Crippen LogP contribution in [0.2, 0.25) is 0 Å². The zero-order valence-corrected chi connectivity index (χ0v) is 14.7. The first-order valence-electron chi connectivity index (χ1n) is 7.87. The van der Waals surface area contributed by atoms with Crippen molar-refractivity contribution in [2.24, 2.45) is 5.41 Å². The standard InChI is InChI=1S/C17H24N2O5/c1-16(2,3)15(20)18-13(11-24-17(18,4)5)10-23-14-8-6-7-12(9-14)19(21)22/h6-9,13H,10-11H2,1-5H3/t13-/m1/s1. The fourth-order valence-electron chi connectivity index (χ4n) is 2.66. The molecule has 0 aliphatic carbocycles. The Balaban J connectivity index is 2.12. The van der Waals surface area contributed by atoms with E-state index >= 15 is 0 Å². The Morgan fingerprint density at radius 2 is 2.12 bits per heavy atom. The minimum Gasteiger partial charge on any atom is -0.491 e. The zero-order chi connectivity index (χ0) is 18.1. The molecule has 0 saturated carbocycles. The first kappa shape index (κ1) is 18.2. The van der Waals surface area contributed by atoms with Crippen LogP contribution >= 0.6 is 0 Å². The molecule has 0 aromatic heterocycles. The van der Waals surface area contributed by atoms with Crippen LogP contribution in [-0.2, 0) is 9.53 Å². The number of ether oxygens (including phenoxy) is 2. The van der Waals surface area contributed by atoms with E-state index < -0.39 is 16.1 Å². The average molecular weight is 336 g/mol. The van der Waals surface area contributed by atoms with Gasteiger partial charge >= 0.3 is 0 Å². The van der Waals surface area contributed by atoms with E-state index in [1.807, 2.05) is 34.6 Å². The summed E-state index contributed by atoms with van der Waals surface area (Å²) in [5.74, 6) is 0.384. The molecule has 2 rings (SSSR count). The molecule has 1 heterocycles. The van der Waals surface area contributed by atoms with Crippen molar-refractivity contribution >= 4 is 11.6 Å². The number of hydrogen-bond donors (Lipinski definition) is 0. The van der Waals surface area contributed by atoms with Crippen molar-refractivity contribution in [2.75, 3.05) is 13.2 Å². The molecule has 24 heavy (non-hydrogen) atoms. The van der Waals surface area contributed by atoms with Gasteiger partial charge in [0.1, 0.15) is 18.1 Å². The molecule has 1 atom stereocenters. The summed E-state index contributed by atoms with van der Waals surface area (Å²) in [6.07, 6.45) is 0. The summed E-state index contributed by atoms with van der Waals surface area (Å²) < 4.78 is 11.4. The summed E-state index contributed by atoms with van der Waals surface area (Å²) >= 11 is 0. The van der Waals surface area contributed by atoms with Crippen molar-refractivity contribution in [3.05, 3.63) is 34.4 Å². The second-order valence-electron chi connectivity index (χ2n) is 7.40. The highest BCUT2D eigenvalue weighted by Crippen LogP contribution is 2.32. The molecular weight excluding hydrogens is 312 g/mol. The second-order valence-corrected chi connectivity index (χ2v) is 7.40. The molecule has 0 spiro atoms. The third-order valence-corrected chi connectivity index (χ3v) is 3.91. The van der Waals surface area contributed by atoms with E-state index in [4.69, 9.17) is 9.47 Å². The van der Waals surface area contributed by atoms with Crippen LogP contribution in [0.3, 0.4) is 0 Å². The van der Waals surface area contributed by atoms with Crippen molar-refractivity contribution in [1.29, 1.82) is 0 Å². The normalized spacial score (nSPS) is 20.0. The SMILES string of the molecule is CC(C)(C)C(=O)N1[C@H](COc2cccc([N+](=O)[O-])c2)COC1(C)C. The van der Waals surface area contributed by atoms with Gasteiger partial charge < -0.3 is 14.4 Å². The van der Waals surface area contributed by atoms with Gasteiger partial charge in [-0.2, -0.15) is 0 Å². The lowest BCUT2D eigenvalue weighted by atomic mass is 9.93. The van der Waals surface area contributed by atoms with Gasteiger partial charge in [0.15, 0.2) is 0 Å². The Labute approximate surface area is 141 Å². The summed E-state index contributed by atoms with van der Waals surface area (Å²) in [7, 11) is 0. The van der Waals surface area contributed by atoms with Gasteiger partial charge in [-0.25, -0.2) is 0 Å². The van der Waals surface area contributed by atoms with E-state index in [0.717, 1.165) is 0 Å². The highest BCUT2D eigenvalue weighted by atomic mass is 16.6. The quantitative estimate of drug-likeness (QED) is 0.623.